The number of nitrogens with one attached hydrogen (secondary N) is 1. The average molecular weight is 660 g/mol. The van der Waals surface area contributed by atoms with Crippen molar-refractivity contribution in [1.29, 1.82) is 0 Å². The van der Waals surface area contributed by atoms with Gasteiger partial charge in [0.25, 0.3) is 5.91 Å². The number of piperidine rings is 1. The van der Waals surface area contributed by atoms with E-state index in [1.807, 2.05) is 12.1 Å². The van der Waals surface area contributed by atoms with Gasteiger partial charge in [-0.15, -0.1) is 0 Å². The van der Waals surface area contributed by atoms with Crippen molar-refractivity contribution in [3.63, 3.8) is 0 Å². The number of morpholine rings is 1. The molecule has 3 aromatic carbocycles. The van der Waals surface area contributed by atoms with Gasteiger partial charge in [0.15, 0.2) is 9.84 Å². The summed E-state index contributed by atoms with van der Waals surface area (Å²) in [5.41, 5.74) is 2.10. The molecular weight excluding hydrogens is 619 g/mol. The molecule has 2 saturated heterocycles. The number of ether oxygens (including phenoxy) is 1. The number of carbonyl (C=O) groups is 1. The molecule has 2 fully saturated rings. The van der Waals surface area contributed by atoms with Crippen LogP contribution in [0.25, 0.3) is 0 Å². The number of benzene rings is 3. The molecule has 2 N–H and O–H groups in total. The Labute approximate surface area is 268 Å². The molecule has 0 radical (unpaired) electrons. The van der Waals surface area contributed by atoms with E-state index in [-0.39, 0.29) is 35.1 Å². The van der Waals surface area contributed by atoms with Gasteiger partial charge in [-0.05, 0) is 72.5 Å². The fourth-order valence-corrected chi connectivity index (χ4v) is 7.07. The molecule has 5 rings (SSSR count). The van der Waals surface area contributed by atoms with E-state index in [2.05, 4.69) is 15.1 Å². The fourth-order valence-electron chi connectivity index (χ4n) is 6.19. The predicted octanol–water partition coefficient (Wildman–Crippen LogP) is 5.05. The third-order valence-corrected chi connectivity index (χ3v) is 10.7. The van der Waals surface area contributed by atoms with E-state index in [0.29, 0.717) is 30.9 Å². The van der Waals surface area contributed by atoms with E-state index < -0.39 is 27.6 Å². The van der Waals surface area contributed by atoms with Crippen molar-refractivity contribution in [2.45, 2.75) is 48.8 Å². The van der Waals surface area contributed by atoms with Crippen LogP contribution in [0.4, 0.5) is 18.9 Å². The summed E-state index contributed by atoms with van der Waals surface area (Å²) in [4.78, 5) is 18.0. The zero-order valence-electron chi connectivity index (χ0n) is 25.7. The third kappa shape index (κ3) is 8.09. The molecular formula is C34H40F3N3O5S. The number of halogens is 3. The second-order valence-electron chi connectivity index (χ2n) is 11.8. The molecule has 3 aromatic rings. The molecule has 0 spiro atoms. The maximum absolute atomic E-state index is 13.2. The van der Waals surface area contributed by atoms with E-state index in [0.717, 1.165) is 55.9 Å². The van der Waals surface area contributed by atoms with Gasteiger partial charge in [0.1, 0.15) is 0 Å². The maximum atomic E-state index is 13.2. The van der Waals surface area contributed by atoms with Crippen LogP contribution in [0.15, 0.2) is 77.7 Å². The van der Waals surface area contributed by atoms with Gasteiger partial charge in [-0.1, -0.05) is 31.2 Å². The highest BCUT2D eigenvalue weighted by atomic mass is 32.2. The summed E-state index contributed by atoms with van der Waals surface area (Å²) in [7, 11) is -3.37. The highest BCUT2D eigenvalue weighted by Crippen LogP contribution is 2.36. The summed E-state index contributed by atoms with van der Waals surface area (Å²) >= 11 is 0. The molecule has 1 amide bonds. The minimum Gasteiger partial charge on any atom is -0.394 e. The molecule has 8 nitrogen and oxygen atoms in total. The number of aliphatic hydroxyl groups excluding tert-OH is 1. The summed E-state index contributed by atoms with van der Waals surface area (Å²) in [5.74, 6) is -0.360. The standard InChI is InChI=1S/C34H40F3N3O5S/c1-2-46(43,44)31-15-8-25(9-16-31)32(23-41)38-33(42)26-5-12-29(13-6-26)40-21-27(24-3-10-28(11-4-24)34(35,36)37)7-14-30(40)22-39-17-19-45-20-18-39/h3-6,8-13,15-16,27,30,32,41H,2,7,14,17-23H2,1H3,(H,38,42)/t27-,30+,32+/m1/s1. The van der Waals surface area contributed by atoms with Gasteiger partial charge >= 0.3 is 6.18 Å². The quantitative estimate of drug-likeness (QED) is 0.315. The van der Waals surface area contributed by atoms with Gasteiger partial charge in [0.2, 0.25) is 0 Å². The Morgan fingerprint density at radius 3 is 2.22 bits per heavy atom. The molecule has 248 valence electrons. The Balaban J connectivity index is 1.31. The van der Waals surface area contributed by atoms with Gasteiger partial charge in [0.05, 0.1) is 42.1 Å². The lowest BCUT2D eigenvalue weighted by atomic mass is 9.86. The SMILES string of the molecule is CCS(=O)(=O)c1ccc([C@H](CO)NC(=O)c2ccc(N3C[C@H](c4ccc(C(F)(F)F)cc4)CC[C@H]3CN3CCOCC3)cc2)cc1. The summed E-state index contributed by atoms with van der Waals surface area (Å²) in [5, 5.41) is 12.8. The molecule has 0 unspecified atom stereocenters. The molecule has 0 saturated carbocycles. The number of aliphatic hydroxyl groups is 1. The number of anilines is 1. The summed E-state index contributed by atoms with van der Waals surface area (Å²) in [6, 6.07) is 18.2. The van der Waals surface area contributed by atoms with E-state index in [1.165, 1.54) is 12.1 Å². The zero-order valence-corrected chi connectivity index (χ0v) is 26.6. The van der Waals surface area contributed by atoms with Crippen molar-refractivity contribution in [3.8, 4) is 0 Å². The third-order valence-electron chi connectivity index (χ3n) is 8.96. The minimum atomic E-state index is -4.38. The highest BCUT2D eigenvalue weighted by Gasteiger charge is 2.33. The second-order valence-corrected chi connectivity index (χ2v) is 14.1. The van der Waals surface area contributed by atoms with Crippen LogP contribution >= 0.6 is 0 Å². The Bertz CT molecular complexity index is 1560. The summed E-state index contributed by atoms with van der Waals surface area (Å²) in [6.07, 6.45) is -2.67. The molecule has 2 aliphatic rings. The van der Waals surface area contributed by atoms with Crippen molar-refractivity contribution >= 4 is 21.4 Å². The number of sulfone groups is 1. The minimum absolute atomic E-state index is 0.0242. The topological polar surface area (TPSA) is 99.2 Å². The van der Waals surface area contributed by atoms with Gasteiger partial charge in [-0.3, -0.25) is 9.69 Å². The number of nitrogens with zero attached hydrogens (tertiary/aromatic N) is 2. The van der Waals surface area contributed by atoms with Gasteiger partial charge < -0.3 is 20.1 Å². The van der Waals surface area contributed by atoms with E-state index in [1.54, 1.807) is 43.3 Å². The summed E-state index contributed by atoms with van der Waals surface area (Å²) < 4.78 is 69.3. The van der Waals surface area contributed by atoms with Crippen molar-refractivity contribution in [2.24, 2.45) is 0 Å². The van der Waals surface area contributed by atoms with Crippen molar-refractivity contribution in [3.05, 3.63) is 95.1 Å². The Kier molecular flexibility index (Phi) is 10.7. The monoisotopic (exact) mass is 659 g/mol. The largest absolute Gasteiger partial charge is 0.416 e. The normalized spacial score (nSPS) is 20.3. The first kappa shape index (κ1) is 33.9. The maximum Gasteiger partial charge on any atom is 0.416 e. The van der Waals surface area contributed by atoms with E-state index >= 15 is 0 Å². The predicted molar refractivity (Wildman–Crippen MR) is 170 cm³/mol. The van der Waals surface area contributed by atoms with Crippen molar-refractivity contribution in [1.82, 2.24) is 10.2 Å². The van der Waals surface area contributed by atoms with Gasteiger partial charge in [-0.25, -0.2) is 8.42 Å². The Morgan fingerprint density at radius 2 is 1.63 bits per heavy atom. The lowest BCUT2D eigenvalue weighted by Gasteiger charge is -2.44. The van der Waals surface area contributed by atoms with Crippen LogP contribution in [0.3, 0.4) is 0 Å². The van der Waals surface area contributed by atoms with Crippen LogP contribution in [0.1, 0.15) is 58.8 Å². The molecule has 46 heavy (non-hydrogen) atoms. The van der Waals surface area contributed by atoms with Crippen LogP contribution in [-0.2, 0) is 20.8 Å². The first-order valence-electron chi connectivity index (χ1n) is 15.6. The number of carbonyl (C=O) groups excluding carboxylic acids is 1. The van der Waals surface area contributed by atoms with Gasteiger partial charge in [0, 0.05) is 49.4 Å². The smallest absolute Gasteiger partial charge is 0.394 e. The number of hydrogen-bond acceptors (Lipinski definition) is 7. The lowest BCUT2D eigenvalue weighted by molar-refractivity contribution is -0.137. The average Bonchev–Trinajstić information content (AvgIpc) is 3.07. The second kappa shape index (κ2) is 14.5. The number of hydrogen-bond donors (Lipinski definition) is 2. The first-order valence-corrected chi connectivity index (χ1v) is 17.2. The van der Waals surface area contributed by atoms with Crippen LogP contribution in [0.5, 0.6) is 0 Å². The van der Waals surface area contributed by atoms with E-state index in [4.69, 9.17) is 4.74 Å². The van der Waals surface area contributed by atoms with Crippen LogP contribution < -0.4 is 10.2 Å². The van der Waals surface area contributed by atoms with Crippen molar-refractivity contribution < 1.29 is 36.2 Å². The molecule has 12 heteroatoms. The molecule has 3 atom stereocenters. The fraction of sp³-hybridized carbons (Fsp3) is 0.441. The molecule has 0 bridgehead atoms. The molecule has 2 heterocycles. The summed E-state index contributed by atoms with van der Waals surface area (Å²) in [6.45, 7) is 5.71. The van der Waals surface area contributed by atoms with E-state index in [9.17, 15) is 31.5 Å². The van der Waals surface area contributed by atoms with Crippen LogP contribution in [0.2, 0.25) is 0 Å². The first-order chi connectivity index (χ1) is 22.0. The number of amides is 1. The van der Waals surface area contributed by atoms with Crippen LogP contribution in [0, 0.1) is 0 Å². The molecule has 0 aliphatic carbocycles. The van der Waals surface area contributed by atoms with Gasteiger partial charge in [-0.2, -0.15) is 13.2 Å². The molecule has 2 aliphatic heterocycles. The Morgan fingerprint density at radius 1 is 0.978 bits per heavy atom. The number of rotatable bonds is 10. The number of alkyl halides is 3. The van der Waals surface area contributed by atoms with Crippen molar-refractivity contribution in [2.75, 3.05) is 56.7 Å². The van der Waals surface area contributed by atoms with Crippen LogP contribution in [-0.4, -0.2) is 82.1 Å². The Hall–Kier alpha value is -3.45. The highest BCUT2D eigenvalue weighted by molar-refractivity contribution is 7.91. The lowest BCUT2D eigenvalue weighted by Crippen LogP contribution is -2.51. The molecule has 0 aromatic heterocycles. The zero-order chi connectivity index (χ0) is 32.9.